The number of sulfone groups is 1. The van der Waals surface area contributed by atoms with Crippen molar-refractivity contribution in [2.24, 2.45) is 0 Å². The fourth-order valence-electron chi connectivity index (χ4n) is 4.16. The number of piperidine rings is 1. The van der Waals surface area contributed by atoms with Crippen LogP contribution in [-0.2, 0) is 35.8 Å². The fraction of sp³-hybridized carbons (Fsp3) is 0.423. The molecule has 0 saturated carbocycles. The predicted octanol–water partition coefficient (Wildman–Crippen LogP) is 3.75. The Morgan fingerprint density at radius 3 is 2.50 bits per heavy atom. The van der Waals surface area contributed by atoms with Crippen LogP contribution in [0.1, 0.15) is 25.3 Å². The molecule has 3 rings (SSSR count). The molecule has 1 saturated heterocycles. The maximum Gasteiger partial charge on any atom is 0.258 e. The van der Waals surface area contributed by atoms with Crippen LogP contribution in [0.4, 0.5) is 4.39 Å². The highest BCUT2D eigenvalue weighted by atomic mass is 35.5. The van der Waals surface area contributed by atoms with Crippen molar-refractivity contribution < 1.29 is 30.8 Å². The lowest BCUT2D eigenvalue weighted by Crippen LogP contribution is -2.53. The molecule has 0 aliphatic carbocycles. The van der Waals surface area contributed by atoms with E-state index in [1.165, 1.54) is 29.4 Å². The molecule has 1 amide bonds. The summed E-state index contributed by atoms with van der Waals surface area (Å²) in [7, 11) is -5.82. The third-order valence-electron chi connectivity index (χ3n) is 6.29. The van der Waals surface area contributed by atoms with Crippen molar-refractivity contribution in [3.8, 4) is 11.1 Å². The Hall–Kier alpha value is -2.31. The minimum absolute atomic E-state index is 0.0427. The average molecular weight is 587 g/mol. The highest BCUT2D eigenvalue weighted by molar-refractivity contribution is 7.93. The highest BCUT2D eigenvalue weighted by Gasteiger charge is 2.44. The number of amides is 1. The molecule has 208 valence electrons. The van der Waals surface area contributed by atoms with E-state index in [9.17, 15) is 21.6 Å². The van der Waals surface area contributed by atoms with Gasteiger partial charge in [-0.2, -0.15) is 4.31 Å². The molecule has 12 heteroatoms. The van der Waals surface area contributed by atoms with Gasteiger partial charge in [-0.25, -0.2) is 21.2 Å². The molecule has 0 radical (unpaired) electrons. The number of carbonyl (C=O) groups excluding carboxylic acids is 1. The lowest BCUT2D eigenvalue weighted by Gasteiger charge is -2.35. The third-order valence-corrected chi connectivity index (χ3v) is 9.13. The number of hydrogen-bond donors (Lipinski definition) is 1. The van der Waals surface area contributed by atoms with E-state index in [1.807, 2.05) is 18.2 Å². The lowest BCUT2D eigenvalue weighted by atomic mass is 9.93. The first-order valence-corrected chi connectivity index (χ1v) is 15.8. The monoisotopic (exact) mass is 586 g/mol. The first-order valence-electron chi connectivity index (χ1n) is 12.0. The van der Waals surface area contributed by atoms with Crippen molar-refractivity contribution in [2.45, 2.75) is 42.8 Å². The van der Waals surface area contributed by atoms with Gasteiger partial charge in [0.05, 0.1) is 11.5 Å². The number of sulfonamides is 1. The van der Waals surface area contributed by atoms with E-state index in [0.717, 1.165) is 17.2 Å². The van der Waals surface area contributed by atoms with E-state index in [4.69, 9.17) is 16.3 Å². The molecule has 38 heavy (non-hydrogen) atoms. The van der Waals surface area contributed by atoms with Crippen LogP contribution in [0.25, 0.3) is 11.1 Å². The summed E-state index contributed by atoms with van der Waals surface area (Å²) in [5.74, 6) is -0.903. The van der Waals surface area contributed by atoms with E-state index < -0.39 is 37.5 Å². The Labute approximate surface area is 228 Å². The molecular weight excluding hydrogens is 555 g/mol. The van der Waals surface area contributed by atoms with Crippen molar-refractivity contribution in [1.29, 1.82) is 0 Å². The molecule has 0 aromatic heterocycles. The summed E-state index contributed by atoms with van der Waals surface area (Å²) in [4.78, 5) is 12.6. The Balaban J connectivity index is 1.79. The van der Waals surface area contributed by atoms with Crippen LogP contribution in [0.3, 0.4) is 0 Å². The maximum atomic E-state index is 15.5. The van der Waals surface area contributed by atoms with Crippen LogP contribution in [0.5, 0.6) is 0 Å². The summed E-state index contributed by atoms with van der Waals surface area (Å²) in [6, 6.07) is 11.2. The van der Waals surface area contributed by atoms with Gasteiger partial charge >= 0.3 is 0 Å². The van der Waals surface area contributed by atoms with Gasteiger partial charge in [-0.3, -0.25) is 4.79 Å². The number of halogens is 2. The normalized spacial score (nSPS) is 17.4. The first-order chi connectivity index (χ1) is 17.7. The van der Waals surface area contributed by atoms with Crippen LogP contribution in [0.2, 0.25) is 5.02 Å². The number of ether oxygens (including phenoxy) is 1. The first kappa shape index (κ1) is 30.2. The van der Waals surface area contributed by atoms with Gasteiger partial charge in [0.2, 0.25) is 10.0 Å². The molecular formula is C26H32ClFN2O6S2. The molecule has 0 spiro atoms. The minimum atomic E-state index is -4.04. The third kappa shape index (κ3) is 7.63. The van der Waals surface area contributed by atoms with Gasteiger partial charge in [0.15, 0.2) is 15.5 Å². The quantitative estimate of drug-likeness (QED) is 0.454. The average Bonchev–Trinajstić information content (AvgIpc) is 2.86. The van der Waals surface area contributed by atoms with Crippen molar-refractivity contribution in [3.05, 3.63) is 64.5 Å². The SMILES string of the molecule is COCCc1cccc(-c2cc(Cl)ccc2S(=O)(=O)N2CCC(F)(C(=O)N[C@@H](C)/C=C\S(C)(=O)=O)CC2)c1. The van der Waals surface area contributed by atoms with Crippen molar-refractivity contribution in [3.63, 3.8) is 0 Å². The van der Waals surface area contributed by atoms with Crippen LogP contribution < -0.4 is 5.32 Å². The van der Waals surface area contributed by atoms with Gasteiger partial charge in [0.25, 0.3) is 5.91 Å². The molecule has 0 unspecified atom stereocenters. The molecule has 1 aliphatic heterocycles. The summed E-state index contributed by atoms with van der Waals surface area (Å²) < 4.78 is 71.7. The number of nitrogens with one attached hydrogen (secondary N) is 1. The molecule has 2 aromatic rings. The maximum absolute atomic E-state index is 15.5. The van der Waals surface area contributed by atoms with Crippen LogP contribution in [-0.4, -0.2) is 71.8 Å². The van der Waals surface area contributed by atoms with Crippen molar-refractivity contribution in [2.75, 3.05) is 33.1 Å². The smallest absolute Gasteiger partial charge is 0.258 e. The van der Waals surface area contributed by atoms with Gasteiger partial charge < -0.3 is 10.1 Å². The summed E-state index contributed by atoms with van der Waals surface area (Å²) in [6.07, 6.45) is 2.24. The number of carbonyl (C=O) groups is 1. The Kier molecular flexibility index (Phi) is 9.75. The molecule has 1 heterocycles. The Morgan fingerprint density at radius 1 is 1.18 bits per heavy atom. The molecule has 1 fully saturated rings. The Morgan fingerprint density at radius 2 is 1.87 bits per heavy atom. The second kappa shape index (κ2) is 12.3. The van der Waals surface area contributed by atoms with Crippen molar-refractivity contribution >= 4 is 37.4 Å². The summed E-state index contributed by atoms with van der Waals surface area (Å²) >= 11 is 6.23. The highest BCUT2D eigenvalue weighted by Crippen LogP contribution is 2.35. The van der Waals surface area contributed by atoms with Gasteiger partial charge in [0.1, 0.15) is 0 Å². The minimum Gasteiger partial charge on any atom is -0.384 e. The zero-order valence-corrected chi connectivity index (χ0v) is 23.9. The van der Waals surface area contributed by atoms with Crippen LogP contribution in [0.15, 0.2) is 58.8 Å². The number of nitrogens with zero attached hydrogens (tertiary/aromatic N) is 1. The number of alkyl halides is 1. The number of hydrogen-bond acceptors (Lipinski definition) is 6. The van der Waals surface area contributed by atoms with Gasteiger partial charge in [-0.15, -0.1) is 0 Å². The standard InChI is InChI=1S/C26H32ClFN2O6S2/c1-19(10-16-37(3,32)33)29-25(31)26(28)11-13-30(14-12-26)38(34,35)24-8-7-22(27)18-23(24)21-6-4-5-20(17-21)9-15-36-2/h4-8,10,16-19H,9,11-15H2,1-3H3,(H,29,31)/b16-10-/t19-/m0/s1. The second-order valence-corrected chi connectivity index (χ2v) is 13.6. The molecule has 8 nitrogen and oxygen atoms in total. The van der Waals surface area contributed by atoms with E-state index in [1.54, 1.807) is 19.2 Å². The summed E-state index contributed by atoms with van der Waals surface area (Å²) in [5.41, 5.74) is -0.206. The zero-order chi connectivity index (χ0) is 28.1. The van der Waals surface area contributed by atoms with Gasteiger partial charge in [-0.05, 0) is 42.7 Å². The number of methoxy groups -OCH3 is 1. The van der Waals surface area contributed by atoms with Crippen molar-refractivity contribution in [1.82, 2.24) is 9.62 Å². The van der Waals surface area contributed by atoms with Gasteiger partial charge in [0, 0.05) is 61.3 Å². The van der Waals surface area contributed by atoms with Gasteiger partial charge in [-0.1, -0.05) is 41.9 Å². The fourth-order valence-corrected chi connectivity index (χ4v) is 6.49. The molecule has 2 aromatic carbocycles. The number of benzene rings is 2. The molecule has 1 atom stereocenters. The lowest BCUT2D eigenvalue weighted by molar-refractivity contribution is -0.135. The van der Waals surface area contributed by atoms with Crippen LogP contribution >= 0.6 is 11.6 Å². The zero-order valence-electron chi connectivity index (χ0n) is 21.5. The molecule has 1 N–H and O–H groups in total. The topological polar surface area (TPSA) is 110 Å². The Bertz CT molecular complexity index is 1400. The van der Waals surface area contributed by atoms with E-state index >= 15 is 4.39 Å². The molecule has 0 bridgehead atoms. The second-order valence-electron chi connectivity index (χ2n) is 9.37. The summed E-state index contributed by atoms with van der Waals surface area (Å²) in [5, 5.41) is 3.76. The van der Waals surface area contributed by atoms with E-state index in [-0.39, 0.29) is 30.8 Å². The molecule has 1 aliphatic rings. The van der Waals surface area contributed by atoms with Crippen LogP contribution in [0, 0.1) is 0 Å². The predicted molar refractivity (Wildman–Crippen MR) is 146 cm³/mol. The van der Waals surface area contributed by atoms with E-state index in [0.29, 0.717) is 29.2 Å². The number of rotatable bonds is 10. The summed E-state index contributed by atoms with van der Waals surface area (Å²) in [6.45, 7) is 1.64. The van der Waals surface area contributed by atoms with E-state index in [2.05, 4.69) is 5.32 Å². The largest absolute Gasteiger partial charge is 0.384 e.